The lowest BCUT2D eigenvalue weighted by molar-refractivity contribution is 0.0721. The lowest BCUT2D eigenvalue weighted by Crippen LogP contribution is -2.12. The van der Waals surface area contributed by atoms with Crippen molar-refractivity contribution in [2.24, 2.45) is 0 Å². The van der Waals surface area contributed by atoms with Gasteiger partial charge >= 0.3 is 11.9 Å². The third-order valence-corrected chi connectivity index (χ3v) is 3.81. The fourth-order valence-corrected chi connectivity index (χ4v) is 2.48. The number of esters is 2. The van der Waals surface area contributed by atoms with Crippen molar-refractivity contribution in [3.05, 3.63) is 89.5 Å². The Bertz CT molecular complexity index is 922. The van der Waals surface area contributed by atoms with Gasteiger partial charge in [0.1, 0.15) is 6.29 Å². The van der Waals surface area contributed by atoms with Crippen LogP contribution >= 0.6 is 0 Å². The lowest BCUT2D eigenvalue weighted by Gasteiger charge is -2.14. The van der Waals surface area contributed by atoms with Crippen LogP contribution in [0.5, 0.6) is 17.2 Å². The van der Waals surface area contributed by atoms with Gasteiger partial charge in [-0.3, -0.25) is 4.79 Å². The highest BCUT2D eigenvalue weighted by molar-refractivity contribution is 5.93. The van der Waals surface area contributed by atoms with E-state index in [2.05, 4.69) is 0 Å². The molecule has 0 fully saturated rings. The van der Waals surface area contributed by atoms with E-state index in [1.54, 1.807) is 60.7 Å². The Morgan fingerprint density at radius 2 is 1.18 bits per heavy atom. The van der Waals surface area contributed by atoms with Gasteiger partial charge in [-0.15, -0.1) is 0 Å². The highest BCUT2D eigenvalue weighted by Gasteiger charge is 2.20. The third-order valence-electron chi connectivity index (χ3n) is 3.81. The summed E-state index contributed by atoms with van der Waals surface area (Å²) in [6, 6.07) is 19.4. The Labute approximate surface area is 161 Å². The number of benzene rings is 3. The van der Waals surface area contributed by atoms with Crippen molar-refractivity contribution in [3.8, 4) is 17.2 Å². The minimum Gasteiger partial charge on any atom is -0.490 e. The van der Waals surface area contributed by atoms with Crippen molar-refractivity contribution in [1.29, 1.82) is 0 Å². The van der Waals surface area contributed by atoms with Gasteiger partial charge in [-0.25, -0.2) is 9.59 Å². The molecule has 140 valence electrons. The molecule has 0 spiro atoms. The molecule has 0 aliphatic rings. The molecule has 6 heteroatoms. The van der Waals surface area contributed by atoms with Crippen LogP contribution in [0.1, 0.15) is 31.1 Å². The molecule has 0 aliphatic heterocycles. The average molecular weight is 376 g/mol. The summed E-state index contributed by atoms with van der Waals surface area (Å²) in [7, 11) is 1.34. The summed E-state index contributed by atoms with van der Waals surface area (Å²) in [5.41, 5.74) is 0.806. The molecule has 0 radical (unpaired) electrons. The smallest absolute Gasteiger partial charge is 0.343 e. The standard InChI is InChI=1S/C22H16O6/c1-26-20-18(27-21(24)16-8-4-2-5-9-16)12-15(14-23)13-19(20)28-22(25)17-10-6-3-7-11-17/h2-14H,1H3. The Kier molecular flexibility index (Phi) is 5.81. The minimum absolute atomic E-state index is 0.0270. The maximum absolute atomic E-state index is 12.4. The summed E-state index contributed by atoms with van der Waals surface area (Å²) < 4.78 is 16.0. The number of carbonyl (C=O) groups is 3. The third kappa shape index (κ3) is 4.24. The fourth-order valence-electron chi connectivity index (χ4n) is 2.48. The molecule has 0 saturated heterocycles. The van der Waals surface area contributed by atoms with Crippen LogP contribution in [0.3, 0.4) is 0 Å². The van der Waals surface area contributed by atoms with Gasteiger partial charge in [-0.2, -0.15) is 0 Å². The molecule has 6 nitrogen and oxygen atoms in total. The quantitative estimate of drug-likeness (QED) is 0.368. The van der Waals surface area contributed by atoms with E-state index in [-0.39, 0.29) is 22.8 Å². The van der Waals surface area contributed by atoms with Crippen molar-refractivity contribution in [2.45, 2.75) is 0 Å². The summed E-state index contributed by atoms with van der Waals surface area (Å²) in [5.74, 6) is -1.31. The number of methoxy groups -OCH3 is 1. The molecular formula is C22H16O6. The Morgan fingerprint density at radius 3 is 1.54 bits per heavy atom. The summed E-state index contributed by atoms with van der Waals surface area (Å²) in [4.78, 5) is 36.0. The molecule has 0 saturated carbocycles. The highest BCUT2D eigenvalue weighted by Crippen LogP contribution is 2.39. The zero-order valence-electron chi connectivity index (χ0n) is 15.0. The normalized spacial score (nSPS) is 10.0. The Morgan fingerprint density at radius 1 is 0.750 bits per heavy atom. The maximum atomic E-state index is 12.4. The minimum atomic E-state index is -0.637. The fraction of sp³-hybridized carbons (Fsp3) is 0.0455. The second-order valence-electron chi connectivity index (χ2n) is 5.68. The lowest BCUT2D eigenvalue weighted by atomic mass is 10.2. The molecule has 0 heterocycles. The van der Waals surface area contributed by atoms with E-state index in [4.69, 9.17) is 14.2 Å². The van der Waals surface area contributed by atoms with Crippen LogP contribution in [0.2, 0.25) is 0 Å². The zero-order chi connectivity index (χ0) is 19.9. The predicted molar refractivity (Wildman–Crippen MR) is 101 cm³/mol. The van der Waals surface area contributed by atoms with Gasteiger partial charge in [0.25, 0.3) is 0 Å². The van der Waals surface area contributed by atoms with E-state index in [0.29, 0.717) is 17.4 Å². The first-order valence-corrected chi connectivity index (χ1v) is 8.34. The molecular weight excluding hydrogens is 360 g/mol. The molecule has 3 rings (SSSR count). The van der Waals surface area contributed by atoms with Crippen molar-refractivity contribution >= 4 is 18.2 Å². The maximum Gasteiger partial charge on any atom is 0.343 e. The molecule has 28 heavy (non-hydrogen) atoms. The van der Waals surface area contributed by atoms with E-state index < -0.39 is 11.9 Å². The molecule has 3 aromatic carbocycles. The largest absolute Gasteiger partial charge is 0.490 e. The Hall–Kier alpha value is -3.93. The van der Waals surface area contributed by atoms with Gasteiger partial charge in [0, 0.05) is 5.56 Å². The van der Waals surface area contributed by atoms with Crippen LogP contribution in [-0.4, -0.2) is 25.3 Å². The topological polar surface area (TPSA) is 78.9 Å². The molecule has 0 aromatic heterocycles. The van der Waals surface area contributed by atoms with E-state index in [0.717, 1.165) is 0 Å². The van der Waals surface area contributed by atoms with Crippen LogP contribution in [0, 0.1) is 0 Å². The second kappa shape index (κ2) is 8.64. The zero-order valence-corrected chi connectivity index (χ0v) is 15.0. The Balaban J connectivity index is 1.94. The van der Waals surface area contributed by atoms with Crippen molar-refractivity contribution in [2.75, 3.05) is 7.11 Å². The monoisotopic (exact) mass is 376 g/mol. The van der Waals surface area contributed by atoms with E-state index in [1.165, 1.54) is 19.2 Å². The van der Waals surface area contributed by atoms with Gasteiger partial charge < -0.3 is 14.2 Å². The molecule has 0 unspecified atom stereocenters. The van der Waals surface area contributed by atoms with E-state index in [9.17, 15) is 14.4 Å². The molecule has 0 bridgehead atoms. The number of carbonyl (C=O) groups excluding carboxylic acids is 3. The van der Waals surface area contributed by atoms with Crippen LogP contribution in [-0.2, 0) is 0 Å². The number of rotatable bonds is 6. The van der Waals surface area contributed by atoms with E-state index in [1.807, 2.05) is 0 Å². The van der Waals surface area contributed by atoms with Crippen LogP contribution in [0.15, 0.2) is 72.8 Å². The summed E-state index contributed by atoms with van der Waals surface area (Å²) >= 11 is 0. The molecule has 0 aliphatic carbocycles. The first-order valence-electron chi connectivity index (χ1n) is 8.34. The number of ether oxygens (including phenoxy) is 3. The molecule has 0 atom stereocenters. The van der Waals surface area contributed by atoms with Gasteiger partial charge in [0.05, 0.1) is 18.2 Å². The van der Waals surface area contributed by atoms with Crippen LogP contribution < -0.4 is 14.2 Å². The van der Waals surface area contributed by atoms with Gasteiger partial charge in [-0.1, -0.05) is 36.4 Å². The second-order valence-corrected chi connectivity index (χ2v) is 5.68. The first kappa shape index (κ1) is 18.8. The van der Waals surface area contributed by atoms with E-state index >= 15 is 0 Å². The number of hydrogen-bond acceptors (Lipinski definition) is 6. The van der Waals surface area contributed by atoms with Gasteiger partial charge in [-0.05, 0) is 36.4 Å². The van der Waals surface area contributed by atoms with Crippen molar-refractivity contribution < 1.29 is 28.6 Å². The summed E-state index contributed by atoms with van der Waals surface area (Å²) in [6.45, 7) is 0. The summed E-state index contributed by atoms with van der Waals surface area (Å²) in [5, 5.41) is 0. The molecule has 3 aromatic rings. The predicted octanol–water partition coefficient (Wildman–Crippen LogP) is 3.95. The van der Waals surface area contributed by atoms with Crippen LogP contribution in [0.4, 0.5) is 0 Å². The highest BCUT2D eigenvalue weighted by atomic mass is 16.6. The first-order chi connectivity index (χ1) is 13.6. The molecule has 0 amide bonds. The van der Waals surface area contributed by atoms with Crippen molar-refractivity contribution in [1.82, 2.24) is 0 Å². The summed E-state index contributed by atoms with van der Waals surface area (Å²) in [6.07, 6.45) is 0.555. The molecule has 0 N–H and O–H groups in total. The number of aldehydes is 1. The average Bonchev–Trinajstić information content (AvgIpc) is 2.74. The van der Waals surface area contributed by atoms with Gasteiger partial charge in [0.2, 0.25) is 5.75 Å². The SMILES string of the molecule is COc1c(OC(=O)c2ccccc2)cc(C=O)cc1OC(=O)c1ccccc1. The number of hydrogen-bond donors (Lipinski definition) is 0. The van der Waals surface area contributed by atoms with Crippen molar-refractivity contribution in [3.63, 3.8) is 0 Å². The van der Waals surface area contributed by atoms with Crippen LogP contribution in [0.25, 0.3) is 0 Å². The van der Waals surface area contributed by atoms with Gasteiger partial charge in [0.15, 0.2) is 11.5 Å².